The van der Waals surface area contributed by atoms with E-state index in [1.54, 1.807) is 24.5 Å². The van der Waals surface area contributed by atoms with Crippen molar-refractivity contribution in [1.82, 2.24) is 24.3 Å². The van der Waals surface area contributed by atoms with Crippen LogP contribution in [-0.2, 0) is 43.3 Å². The van der Waals surface area contributed by atoms with Crippen LogP contribution in [-0.4, -0.2) is 49.8 Å². The molecule has 0 radical (unpaired) electrons. The molecular formula is C37H35ClFN5O3S. The molecule has 3 aromatic carbocycles. The van der Waals surface area contributed by atoms with Crippen molar-refractivity contribution < 1.29 is 18.7 Å². The predicted molar refractivity (Wildman–Crippen MR) is 188 cm³/mol. The minimum atomic E-state index is -0.398. The van der Waals surface area contributed by atoms with Gasteiger partial charge in [-0.15, -0.1) is 0 Å². The van der Waals surface area contributed by atoms with E-state index < -0.39 is 5.97 Å². The lowest BCUT2D eigenvalue weighted by molar-refractivity contribution is 0.0587. The number of nitrogens with zero attached hydrogens (tertiary/aromatic N) is 5. The lowest BCUT2D eigenvalue weighted by Crippen LogP contribution is -2.14. The van der Waals surface area contributed by atoms with E-state index in [1.165, 1.54) is 19.5 Å². The molecule has 48 heavy (non-hydrogen) atoms. The molecule has 8 nitrogen and oxygen atoms in total. The summed E-state index contributed by atoms with van der Waals surface area (Å²) in [6.07, 6.45) is 8.57. The molecule has 6 aromatic rings. The van der Waals surface area contributed by atoms with Crippen LogP contribution in [0, 0.1) is 5.82 Å². The van der Waals surface area contributed by atoms with E-state index in [2.05, 4.69) is 26.7 Å². The summed E-state index contributed by atoms with van der Waals surface area (Å²) >= 11 is 8.70. The monoisotopic (exact) mass is 683 g/mol. The molecule has 7 rings (SSSR count). The van der Waals surface area contributed by atoms with E-state index in [1.807, 2.05) is 41.7 Å². The number of carbonyl (C=O) groups is 1. The molecule has 246 valence electrons. The summed E-state index contributed by atoms with van der Waals surface area (Å²) in [5.74, 6) is 1.68. The van der Waals surface area contributed by atoms with Gasteiger partial charge < -0.3 is 14.0 Å². The van der Waals surface area contributed by atoms with Gasteiger partial charge in [-0.05, 0) is 90.8 Å². The second kappa shape index (κ2) is 14.0. The Hall–Kier alpha value is -4.41. The summed E-state index contributed by atoms with van der Waals surface area (Å²) in [5, 5.41) is 7.92. The summed E-state index contributed by atoms with van der Waals surface area (Å²) in [6, 6.07) is 14.9. The van der Waals surface area contributed by atoms with E-state index >= 15 is 0 Å². The first-order chi connectivity index (χ1) is 23.4. The van der Waals surface area contributed by atoms with E-state index in [-0.39, 0.29) is 5.82 Å². The highest BCUT2D eigenvalue weighted by atomic mass is 35.5. The fourth-order valence-corrected chi connectivity index (χ4v) is 7.80. The molecule has 1 aliphatic heterocycles. The third-order valence-corrected chi connectivity index (χ3v) is 10.3. The largest absolute Gasteiger partial charge is 0.493 e. The highest BCUT2D eigenvalue weighted by molar-refractivity contribution is 7.98. The molecule has 11 heteroatoms. The van der Waals surface area contributed by atoms with Crippen molar-refractivity contribution >= 4 is 51.0 Å². The number of hydrogen-bond acceptors (Lipinski definition) is 7. The molecule has 1 aliphatic rings. The summed E-state index contributed by atoms with van der Waals surface area (Å²) in [7, 11) is 3.39. The minimum Gasteiger partial charge on any atom is -0.493 e. The van der Waals surface area contributed by atoms with Gasteiger partial charge in [0.2, 0.25) is 0 Å². The van der Waals surface area contributed by atoms with Gasteiger partial charge >= 0.3 is 5.97 Å². The summed E-state index contributed by atoms with van der Waals surface area (Å²) in [5.41, 5.74) is 7.06. The molecular weight excluding hydrogens is 649 g/mol. The number of aryl methyl sites for hydroxylation is 5. The molecule has 0 saturated heterocycles. The first kappa shape index (κ1) is 32.2. The lowest BCUT2D eigenvalue weighted by atomic mass is 10.0. The van der Waals surface area contributed by atoms with Gasteiger partial charge in [0, 0.05) is 59.3 Å². The Morgan fingerprint density at radius 1 is 1.02 bits per heavy atom. The van der Waals surface area contributed by atoms with Crippen molar-refractivity contribution in [2.24, 2.45) is 7.05 Å². The average molecular weight is 684 g/mol. The maximum atomic E-state index is 14.3. The number of benzene rings is 3. The van der Waals surface area contributed by atoms with Gasteiger partial charge in [0.25, 0.3) is 0 Å². The zero-order valence-electron chi connectivity index (χ0n) is 26.8. The third-order valence-electron chi connectivity index (χ3n) is 8.89. The number of esters is 1. The number of aromatic nitrogens is 5. The van der Waals surface area contributed by atoms with Crippen LogP contribution < -0.4 is 4.74 Å². The molecule has 0 saturated carbocycles. The second-order valence-corrected chi connectivity index (χ2v) is 13.5. The number of methoxy groups -OCH3 is 1. The molecule has 0 fully saturated rings. The van der Waals surface area contributed by atoms with E-state index in [9.17, 15) is 9.18 Å². The van der Waals surface area contributed by atoms with Crippen LogP contribution in [0.1, 0.15) is 45.8 Å². The van der Waals surface area contributed by atoms with E-state index in [4.69, 9.17) is 26.2 Å². The number of fused-ring (bicyclic) bond motifs is 11. The van der Waals surface area contributed by atoms with Crippen LogP contribution in [0.25, 0.3) is 32.8 Å². The maximum Gasteiger partial charge on any atom is 0.354 e. The number of thioether (sulfide) groups is 1. The Balaban J connectivity index is 1.32. The van der Waals surface area contributed by atoms with Crippen molar-refractivity contribution in [3.8, 4) is 16.9 Å². The second-order valence-electron chi connectivity index (χ2n) is 12.0. The van der Waals surface area contributed by atoms with Gasteiger partial charge in [0.1, 0.15) is 23.6 Å². The average Bonchev–Trinajstić information content (AvgIpc) is 3.60. The smallest absolute Gasteiger partial charge is 0.354 e. The predicted octanol–water partition coefficient (Wildman–Crippen LogP) is 8.00. The minimum absolute atomic E-state index is 0.283. The molecule has 0 aliphatic carbocycles. The van der Waals surface area contributed by atoms with Crippen LogP contribution in [0.5, 0.6) is 5.75 Å². The number of hydrogen-bond donors (Lipinski definition) is 0. The van der Waals surface area contributed by atoms with E-state index in [0.717, 1.165) is 86.1 Å². The third kappa shape index (κ3) is 6.39. The number of ether oxygens (including phenoxy) is 2. The molecule has 0 unspecified atom stereocenters. The summed E-state index contributed by atoms with van der Waals surface area (Å²) in [6.45, 7) is 0.992. The SMILES string of the molecule is COC(=O)c1c2c3ccc(Cl)c(-c4cncnc4)c3n1CCCSCc1cc(n(C)n1)CCc1cc(c3ccc(F)cc3c1)OCCC2. The van der Waals surface area contributed by atoms with Gasteiger partial charge in [0.15, 0.2) is 0 Å². The van der Waals surface area contributed by atoms with Crippen molar-refractivity contribution in [1.29, 1.82) is 0 Å². The Kier molecular flexibility index (Phi) is 9.36. The Morgan fingerprint density at radius 3 is 2.69 bits per heavy atom. The number of rotatable bonds is 2. The van der Waals surface area contributed by atoms with Gasteiger partial charge in [-0.25, -0.2) is 19.2 Å². The fraction of sp³-hybridized carbons (Fsp3) is 0.297. The van der Waals surface area contributed by atoms with Crippen molar-refractivity contribution in [3.63, 3.8) is 0 Å². The molecule has 6 bridgehead atoms. The Labute approximate surface area is 287 Å². The van der Waals surface area contributed by atoms with Crippen LogP contribution in [0.2, 0.25) is 5.02 Å². The normalized spacial score (nSPS) is 14.5. The van der Waals surface area contributed by atoms with Crippen molar-refractivity contribution in [3.05, 3.63) is 106 Å². The van der Waals surface area contributed by atoms with Crippen LogP contribution in [0.3, 0.4) is 0 Å². The van der Waals surface area contributed by atoms with Gasteiger partial charge in [-0.2, -0.15) is 16.9 Å². The van der Waals surface area contributed by atoms with E-state index in [0.29, 0.717) is 42.5 Å². The van der Waals surface area contributed by atoms with Gasteiger partial charge in [-0.3, -0.25) is 4.68 Å². The first-order valence-electron chi connectivity index (χ1n) is 16.0. The van der Waals surface area contributed by atoms with Crippen LogP contribution >= 0.6 is 23.4 Å². The highest BCUT2D eigenvalue weighted by Gasteiger charge is 2.26. The van der Waals surface area contributed by atoms with Crippen LogP contribution in [0.15, 0.2) is 67.3 Å². The summed E-state index contributed by atoms with van der Waals surface area (Å²) < 4.78 is 30.1. The van der Waals surface area contributed by atoms with Crippen LogP contribution in [0.4, 0.5) is 4.39 Å². The zero-order valence-corrected chi connectivity index (χ0v) is 28.4. The quantitative estimate of drug-likeness (QED) is 0.171. The fourth-order valence-electron chi connectivity index (χ4n) is 6.71. The number of halogens is 2. The van der Waals surface area contributed by atoms with Crippen molar-refractivity contribution in [2.75, 3.05) is 19.5 Å². The summed E-state index contributed by atoms with van der Waals surface area (Å²) in [4.78, 5) is 22.1. The maximum absolute atomic E-state index is 14.3. The highest BCUT2D eigenvalue weighted by Crippen LogP contribution is 2.40. The lowest BCUT2D eigenvalue weighted by Gasteiger charge is -2.14. The Bertz CT molecular complexity index is 2130. The van der Waals surface area contributed by atoms with Gasteiger partial charge in [-0.1, -0.05) is 23.7 Å². The first-order valence-corrected chi connectivity index (χ1v) is 17.6. The topological polar surface area (TPSA) is 84.1 Å². The van der Waals surface area contributed by atoms with Gasteiger partial charge in [0.05, 0.1) is 29.9 Å². The standard InChI is InChI=1S/C37H35ClFN5O3S/c1-43-28-8-6-23-15-24-17-26(39)7-9-29(24)33(16-23)47-13-3-5-30-31-10-11-32(38)34(25-19-40-22-41-20-25)35(31)44(36(30)37(45)46-2)12-4-14-48-21-27(18-28)42-43/h7,9-11,15-20,22H,3-6,8,12-14,21H2,1-2H3. The zero-order chi connectivity index (χ0) is 33.2. The molecule has 0 amide bonds. The Morgan fingerprint density at radius 2 is 1.85 bits per heavy atom. The number of carbonyl (C=O) groups excluding carboxylic acids is 1. The molecule has 4 heterocycles. The molecule has 0 spiro atoms. The molecule has 0 atom stereocenters. The molecule has 0 N–H and O–H groups in total. The molecule has 3 aromatic heterocycles. The van der Waals surface area contributed by atoms with Crippen molar-refractivity contribution in [2.45, 2.75) is 44.4 Å².